The van der Waals surface area contributed by atoms with Crippen LogP contribution in [0.3, 0.4) is 0 Å². The Balaban J connectivity index is 2.07. The third-order valence-electron chi connectivity index (χ3n) is 3.36. The first kappa shape index (κ1) is 15.1. The lowest BCUT2D eigenvalue weighted by molar-refractivity contribution is 0.0694. The van der Waals surface area contributed by atoms with Crippen LogP contribution in [0.1, 0.15) is 10.4 Å². The minimum Gasteiger partial charge on any atom is -0.478 e. The Morgan fingerprint density at radius 2 is 1.57 bits per heavy atom. The fraction of sp³-hybridized carbons (Fsp3) is 0. The summed E-state index contributed by atoms with van der Waals surface area (Å²) in [7, 11) is 0. The second-order valence-electron chi connectivity index (χ2n) is 4.91. The van der Waals surface area contributed by atoms with Crippen LogP contribution in [0.4, 0.5) is 0 Å². The molecule has 0 saturated carbocycles. The number of aromatic carboxylic acids is 1. The zero-order chi connectivity index (χ0) is 16.2. The predicted molar refractivity (Wildman–Crippen MR) is 90.4 cm³/mol. The van der Waals surface area contributed by atoms with Gasteiger partial charge in [0.1, 0.15) is 17.1 Å². The first-order valence-corrected chi connectivity index (χ1v) is 7.38. The third-order valence-corrected chi connectivity index (χ3v) is 3.60. The van der Waals surface area contributed by atoms with Crippen molar-refractivity contribution in [2.45, 2.75) is 0 Å². The summed E-state index contributed by atoms with van der Waals surface area (Å²) in [5.41, 5.74) is 1.86. The summed E-state index contributed by atoms with van der Waals surface area (Å²) in [5.74, 6) is -0.190. The third kappa shape index (κ3) is 3.35. The molecule has 0 aliphatic heterocycles. The molecule has 3 aromatic rings. The highest BCUT2D eigenvalue weighted by molar-refractivity contribution is 6.31. The van der Waals surface area contributed by atoms with Crippen LogP contribution >= 0.6 is 11.6 Å². The number of hydrogen-bond donors (Lipinski definition) is 1. The van der Waals surface area contributed by atoms with E-state index in [1.165, 1.54) is 6.07 Å². The molecule has 3 rings (SSSR count). The molecule has 0 unspecified atom stereocenters. The van der Waals surface area contributed by atoms with Crippen LogP contribution in [0.25, 0.3) is 11.1 Å². The number of para-hydroxylation sites is 1. The van der Waals surface area contributed by atoms with Crippen LogP contribution in [0.5, 0.6) is 11.5 Å². The molecule has 0 aliphatic rings. The number of halogens is 1. The monoisotopic (exact) mass is 324 g/mol. The van der Waals surface area contributed by atoms with Crippen molar-refractivity contribution in [3.05, 3.63) is 83.4 Å². The van der Waals surface area contributed by atoms with Gasteiger partial charge in [-0.05, 0) is 35.9 Å². The molecular formula is C19H13ClO3. The van der Waals surface area contributed by atoms with Gasteiger partial charge < -0.3 is 9.84 Å². The van der Waals surface area contributed by atoms with Gasteiger partial charge in [0, 0.05) is 10.6 Å². The van der Waals surface area contributed by atoms with E-state index >= 15 is 0 Å². The Morgan fingerprint density at radius 1 is 0.870 bits per heavy atom. The minimum absolute atomic E-state index is 0.112. The molecule has 23 heavy (non-hydrogen) atoms. The zero-order valence-electron chi connectivity index (χ0n) is 12.1. The van der Waals surface area contributed by atoms with Gasteiger partial charge in [-0.1, -0.05) is 54.1 Å². The summed E-state index contributed by atoms with van der Waals surface area (Å²) >= 11 is 6.10. The van der Waals surface area contributed by atoms with Gasteiger partial charge in [0.2, 0.25) is 0 Å². The van der Waals surface area contributed by atoms with Crippen molar-refractivity contribution < 1.29 is 14.6 Å². The second-order valence-corrected chi connectivity index (χ2v) is 5.35. The molecule has 0 bridgehead atoms. The van der Waals surface area contributed by atoms with Crippen molar-refractivity contribution >= 4 is 17.6 Å². The average Bonchev–Trinajstić information content (AvgIpc) is 2.57. The Bertz CT molecular complexity index is 844. The normalized spacial score (nSPS) is 10.3. The van der Waals surface area contributed by atoms with Gasteiger partial charge in [0.15, 0.2) is 0 Å². The van der Waals surface area contributed by atoms with Gasteiger partial charge in [-0.15, -0.1) is 0 Å². The van der Waals surface area contributed by atoms with E-state index in [2.05, 4.69) is 0 Å². The molecule has 0 radical (unpaired) electrons. The van der Waals surface area contributed by atoms with Crippen LogP contribution < -0.4 is 4.74 Å². The molecule has 3 nitrogen and oxygen atoms in total. The van der Waals surface area contributed by atoms with Crippen molar-refractivity contribution in [3.8, 4) is 22.6 Å². The van der Waals surface area contributed by atoms with E-state index < -0.39 is 5.97 Å². The Kier molecular flexibility index (Phi) is 4.31. The summed E-state index contributed by atoms with van der Waals surface area (Å²) in [4.78, 5) is 11.3. The highest BCUT2D eigenvalue weighted by Gasteiger charge is 2.14. The highest BCUT2D eigenvalue weighted by Crippen LogP contribution is 2.36. The van der Waals surface area contributed by atoms with Crippen molar-refractivity contribution in [3.63, 3.8) is 0 Å². The smallest absolute Gasteiger partial charge is 0.339 e. The summed E-state index contributed by atoms with van der Waals surface area (Å²) < 4.78 is 5.87. The van der Waals surface area contributed by atoms with Crippen molar-refractivity contribution in [1.29, 1.82) is 0 Å². The average molecular weight is 325 g/mol. The number of carboxylic acid groups (broad SMARTS) is 1. The maximum atomic E-state index is 11.3. The number of carboxylic acids is 1. The molecule has 0 saturated heterocycles. The lowest BCUT2D eigenvalue weighted by atomic mass is 10.0. The van der Waals surface area contributed by atoms with E-state index in [0.29, 0.717) is 16.5 Å². The lowest BCUT2D eigenvalue weighted by Crippen LogP contribution is -2.00. The maximum absolute atomic E-state index is 11.3. The van der Waals surface area contributed by atoms with Gasteiger partial charge in [0.05, 0.1) is 0 Å². The standard InChI is InChI=1S/C19H13ClO3/c20-14-10-11-18(16(12-14)13-6-2-1-3-7-13)23-17-9-5-4-8-15(17)19(21)22/h1-12H,(H,21,22). The van der Waals surface area contributed by atoms with E-state index in [1.54, 1.807) is 36.4 Å². The summed E-state index contributed by atoms with van der Waals surface area (Å²) in [6, 6.07) is 21.5. The molecule has 0 aromatic heterocycles. The van der Waals surface area contributed by atoms with E-state index in [1.807, 2.05) is 30.3 Å². The van der Waals surface area contributed by atoms with E-state index in [0.717, 1.165) is 11.1 Å². The Labute approximate surface area is 138 Å². The summed E-state index contributed by atoms with van der Waals surface area (Å²) in [6.07, 6.45) is 0. The van der Waals surface area contributed by atoms with Crippen LogP contribution in [0.2, 0.25) is 5.02 Å². The molecule has 0 aliphatic carbocycles. The molecule has 114 valence electrons. The topological polar surface area (TPSA) is 46.5 Å². The van der Waals surface area contributed by atoms with Gasteiger partial charge >= 0.3 is 5.97 Å². The van der Waals surface area contributed by atoms with E-state index in [4.69, 9.17) is 16.3 Å². The number of rotatable bonds is 4. The summed E-state index contributed by atoms with van der Waals surface area (Å²) in [6.45, 7) is 0. The van der Waals surface area contributed by atoms with E-state index in [-0.39, 0.29) is 5.56 Å². The number of carbonyl (C=O) groups is 1. The Hall–Kier alpha value is -2.78. The van der Waals surface area contributed by atoms with Gasteiger partial charge in [0.25, 0.3) is 0 Å². The number of hydrogen-bond acceptors (Lipinski definition) is 2. The molecule has 4 heteroatoms. The second kappa shape index (κ2) is 6.55. The zero-order valence-corrected chi connectivity index (χ0v) is 12.8. The van der Waals surface area contributed by atoms with Gasteiger partial charge in [-0.2, -0.15) is 0 Å². The van der Waals surface area contributed by atoms with E-state index in [9.17, 15) is 9.90 Å². The minimum atomic E-state index is -1.03. The molecule has 0 heterocycles. The van der Waals surface area contributed by atoms with Gasteiger partial charge in [-0.3, -0.25) is 0 Å². The van der Waals surface area contributed by atoms with Crippen molar-refractivity contribution in [2.75, 3.05) is 0 Å². The molecule has 0 atom stereocenters. The molecule has 0 amide bonds. The predicted octanol–water partition coefficient (Wildman–Crippen LogP) is 5.50. The first-order valence-electron chi connectivity index (χ1n) is 7.00. The maximum Gasteiger partial charge on any atom is 0.339 e. The molecule has 0 fully saturated rings. The van der Waals surface area contributed by atoms with Crippen LogP contribution in [0.15, 0.2) is 72.8 Å². The largest absolute Gasteiger partial charge is 0.478 e. The lowest BCUT2D eigenvalue weighted by Gasteiger charge is -2.13. The Morgan fingerprint density at radius 3 is 2.30 bits per heavy atom. The SMILES string of the molecule is O=C(O)c1ccccc1Oc1ccc(Cl)cc1-c1ccccc1. The number of benzene rings is 3. The number of ether oxygens (including phenoxy) is 1. The van der Waals surface area contributed by atoms with Crippen molar-refractivity contribution in [2.24, 2.45) is 0 Å². The van der Waals surface area contributed by atoms with Crippen LogP contribution in [-0.2, 0) is 0 Å². The molecular weight excluding hydrogens is 312 g/mol. The van der Waals surface area contributed by atoms with Crippen LogP contribution in [0, 0.1) is 0 Å². The van der Waals surface area contributed by atoms with Gasteiger partial charge in [-0.25, -0.2) is 4.79 Å². The molecule has 1 N–H and O–H groups in total. The van der Waals surface area contributed by atoms with Crippen molar-refractivity contribution in [1.82, 2.24) is 0 Å². The fourth-order valence-corrected chi connectivity index (χ4v) is 2.46. The van der Waals surface area contributed by atoms with Crippen LogP contribution in [-0.4, -0.2) is 11.1 Å². The first-order chi connectivity index (χ1) is 11.1. The fourth-order valence-electron chi connectivity index (χ4n) is 2.29. The highest BCUT2D eigenvalue weighted by atomic mass is 35.5. The molecule has 3 aromatic carbocycles. The quantitative estimate of drug-likeness (QED) is 0.689. The summed E-state index contributed by atoms with van der Waals surface area (Å²) in [5, 5.41) is 9.86. The molecule has 0 spiro atoms.